The van der Waals surface area contributed by atoms with Crippen molar-refractivity contribution in [2.75, 3.05) is 7.11 Å². The zero-order valence-corrected chi connectivity index (χ0v) is 12.1. The third-order valence-corrected chi connectivity index (χ3v) is 4.65. The minimum Gasteiger partial charge on any atom is -0.480 e. The number of amides is 1. The number of hydrogen-bond donors (Lipinski definition) is 0. The SMILES string of the molecule is COc1ccc(C(=O)N2[C@H](C)C[C@H]3CCCC[C@H]32)nn1. The summed E-state index contributed by atoms with van der Waals surface area (Å²) in [5, 5.41) is 7.90. The van der Waals surface area contributed by atoms with E-state index in [0.717, 1.165) is 12.8 Å². The highest BCUT2D eigenvalue weighted by Gasteiger charge is 2.43. The fraction of sp³-hybridized carbons (Fsp3) is 0.667. The van der Waals surface area contributed by atoms with Gasteiger partial charge >= 0.3 is 0 Å². The summed E-state index contributed by atoms with van der Waals surface area (Å²) in [7, 11) is 1.54. The zero-order valence-electron chi connectivity index (χ0n) is 12.1. The maximum Gasteiger partial charge on any atom is 0.274 e. The summed E-state index contributed by atoms with van der Waals surface area (Å²) in [5.41, 5.74) is 0.420. The molecule has 0 aromatic carbocycles. The van der Waals surface area contributed by atoms with Crippen LogP contribution in [0.4, 0.5) is 0 Å². The van der Waals surface area contributed by atoms with E-state index < -0.39 is 0 Å². The summed E-state index contributed by atoms with van der Waals surface area (Å²) in [4.78, 5) is 14.7. The Balaban J connectivity index is 1.81. The molecule has 2 aliphatic rings. The van der Waals surface area contributed by atoms with Gasteiger partial charge in [0.05, 0.1) is 7.11 Å². The molecule has 3 atom stereocenters. The number of nitrogens with zero attached hydrogens (tertiary/aromatic N) is 3. The molecule has 108 valence electrons. The van der Waals surface area contributed by atoms with Crippen molar-refractivity contribution in [1.82, 2.24) is 15.1 Å². The maximum absolute atomic E-state index is 12.7. The van der Waals surface area contributed by atoms with Crippen molar-refractivity contribution in [3.05, 3.63) is 17.8 Å². The van der Waals surface area contributed by atoms with Gasteiger partial charge in [-0.3, -0.25) is 4.79 Å². The van der Waals surface area contributed by atoms with Crippen LogP contribution in [0.3, 0.4) is 0 Å². The van der Waals surface area contributed by atoms with Gasteiger partial charge in [0.1, 0.15) is 0 Å². The van der Waals surface area contributed by atoms with Crippen LogP contribution in [0, 0.1) is 5.92 Å². The Morgan fingerprint density at radius 2 is 2.10 bits per heavy atom. The molecule has 2 heterocycles. The van der Waals surface area contributed by atoms with Crippen LogP contribution in [0.1, 0.15) is 49.5 Å². The third-order valence-electron chi connectivity index (χ3n) is 4.65. The van der Waals surface area contributed by atoms with E-state index in [2.05, 4.69) is 17.1 Å². The van der Waals surface area contributed by atoms with E-state index in [9.17, 15) is 4.79 Å². The molecule has 0 spiro atoms. The summed E-state index contributed by atoms with van der Waals surface area (Å²) in [6, 6.07) is 4.10. The molecule has 1 amide bonds. The van der Waals surface area contributed by atoms with Crippen molar-refractivity contribution >= 4 is 5.91 Å². The van der Waals surface area contributed by atoms with Crippen molar-refractivity contribution < 1.29 is 9.53 Å². The Bertz CT molecular complexity index is 488. The van der Waals surface area contributed by atoms with Crippen LogP contribution in [-0.2, 0) is 0 Å². The Hall–Kier alpha value is -1.65. The van der Waals surface area contributed by atoms with Crippen molar-refractivity contribution in [1.29, 1.82) is 0 Å². The quantitative estimate of drug-likeness (QED) is 0.831. The standard InChI is InChI=1S/C15H21N3O2/c1-10-9-11-5-3-4-6-13(11)18(10)15(19)12-7-8-14(20-2)17-16-12/h7-8,10-11,13H,3-6,9H2,1-2H3/t10-,11-,13-/m1/s1. The largest absolute Gasteiger partial charge is 0.480 e. The highest BCUT2D eigenvalue weighted by atomic mass is 16.5. The topological polar surface area (TPSA) is 55.3 Å². The van der Waals surface area contributed by atoms with Gasteiger partial charge in [0, 0.05) is 18.2 Å². The first-order chi connectivity index (χ1) is 9.70. The van der Waals surface area contributed by atoms with E-state index in [1.807, 2.05) is 4.90 Å². The molecule has 0 bridgehead atoms. The van der Waals surface area contributed by atoms with Gasteiger partial charge in [0.25, 0.3) is 5.91 Å². The second kappa shape index (κ2) is 5.38. The van der Waals surface area contributed by atoms with Gasteiger partial charge in [-0.25, -0.2) is 0 Å². The molecule has 1 aromatic heterocycles. The Morgan fingerprint density at radius 3 is 2.80 bits per heavy atom. The third kappa shape index (κ3) is 2.25. The van der Waals surface area contributed by atoms with Crippen LogP contribution in [0.5, 0.6) is 5.88 Å². The number of rotatable bonds is 2. The first kappa shape index (κ1) is 13.3. The van der Waals surface area contributed by atoms with E-state index in [4.69, 9.17) is 4.74 Å². The summed E-state index contributed by atoms with van der Waals surface area (Å²) in [6.45, 7) is 2.15. The molecule has 1 aliphatic heterocycles. The van der Waals surface area contributed by atoms with Crippen LogP contribution in [0.15, 0.2) is 12.1 Å². The molecular formula is C15H21N3O2. The molecule has 1 aliphatic carbocycles. The van der Waals surface area contributed by atoms with Crippen LogP contribution in [0.2, 0.25) is 0 Å². The molecule has 0 unspecified atom stereocenters. The van der Waals surface area contributed by atoms with Crippen molar-refractivity contribution in [2.24, 2.45) is 5.92 Å². The Morgan fingerprint density at radius 1 is 1.30 bits per heavy atom. The van der Waals surface area contributed by atoms with Crippen LogP contribution in [0.25, 0.3) is 0 Å². The smallest absolute Gasteiger partial charge is 0.274 e. The molecule has 1 aromatic rings. The number of hydrogen-bond acceptors (Lipinski definition) is 4. The lowest BCUT2D eigenvalue weighted by molar-refractivity contribution is 0.0626. The van der Waals surface area contributed by atoms with Gasteiger partial charge in [0.15, 0.2) is 5.69 Å². The van der Waals surface area contributed by atoms with Gasteiger partial charge in [-0.2, -0.15) is 0 Å². The fourth-order valence-corrected chi connectivity index (χ4v) is 3.73. The number of fused-ring (bicyclic) bond motifs is 1. The van der Waals surface area contributed by atoms with Crippen molar-refractivity contribution in [2.45, 2.75) is 51.1 Å². The molecule has 5 heteroatoms. The van der Waals surface area contributed by atoms with Crippen molar-refractivity contribution in [3.8, 4) is 5.88 Å². The minimum atomic E-state index is 0.0158. The summed E-state index contributed by atoms with van der Waals surface area (Å²) < 4.78 is 4.98. The molecule has 0 radical (unpaired) electrons. The van der Waals surface area contributed by atoms with E-state index in [-0.39, 0.29) is 5.91 Å². The highest BCUT2D eigenvalue weighted by molar-refractivity contribution is 5.92. The number of likely N-dealkylation sites (tertiary alicyclic amines) is 1. The van der Waals surface area contributed by atoms with Crippen LogP contribution < -0.4 is 4.74 Å². The molecule has 3 rings (SSSR count). The number of aromatic nitrogens is 2. The molecule has 20 heavy (non-hydrogen) atoms. The Labute approximate surface area is 119 Å². The molecule has 1 saturated carbocycles. The van der Waals surface area contributed by atoms with Crippen molar-refractivity contribution in [3.63, 3.8) is 0 Å². The Kier molecular flexibility index (Phi) is 3.59. The van der Waals surface area contributed by atoms with Crippen LogP contribution in [-0.4, -0.2) is 40.2 Å². The second-order valence-corrected chi connectivity index (χ2v) is 5.87. The van der Waals surface area contributed by atoms with E-state index >= 15 is 0 Å². The zero-order chi connectivity index (χ0) is 14.1. The van der Waals surface area contributed by atoms with E-state index in [1.165, 1.54) is 19.3 Å². The first-order valence-corrected chi connectivity index (χ1v) is 7.41. The number of carbonyl (C=O) groups excluding carboxylic acids is 1. The lowest BCUT2D eigenvalue weighted by Gasteiger charge is -2.32. The average Bonchev–Trinajstić information content (AvgIpc) is 2.82. The molecule has 1 saturated heterocycles. The normalized spacial score (nSPS) is 29.1. The minimum absolute atomic E-state index is 0.0158. The number of methoxy groups -OCH3 is 1. The lowest BCUT2D eigenvalue weighted by Crippen LogP contribution is -2.42. The summed E-state index contributed by atoms with van der Waals surface area (Å²) >= 11 is 0. The fourth-order valence-electron chi connectivity index (χ4n) is 3.73. The molecule has 0 N–H and O–H groups in total. The number of carbonyl (C=O) groups is 1. The summed E-state index contributed by atoms with van der Waals surface area (Å²) in [6.07, 6.45) is 6.04. The van der Waals surface area contributed by atoms with E-state index in [1.54, 1.807) is 19.2 Å². The van der Waals surface area contributed by atoms with Gasteiger partial charge in [-0.05, 0) is 38.2 Å². The molecular weight excluding hydrogens is 254 g/mol. The first-order valence-electron chi connectivity index (χ1n) is 7.41. The average molecular weight is 275 g/mol. The highest BCUT2D eigenvalue weighted by Crippen LogP contribution is 2.40. The predicted molar refractivity (Wildman–Crippen MR) is 74.6 cm³/mol. The molecule has 2 fully saturated rings. The van der Waals surface area contributed by atoms with E-state index in [0.29, 0.717) is 29.6 Å². The van der Waals surface area contributed by atoms with Gasteiger partial charge in [0.2, 0.25) is 5.88 Å². The van der Waals surface area contributed by atoms with Crippen LogP contribution >= 0.6 is 0 Å². The lowest BCUT2D eigenvalue weighted by atomic mass is 9.85. The predicted octanol–water partition coefficient (Wildman–Crippen LogP) is 2.28. The van der Waals surface area contributed by atoms with Gasteiger partial charge in [-0.1, -0.05) is 12.8 Å². The number of ether oxygens (including phenoxy) is 1. The van der Waals surface area contributed by atoms with Gasteiger partial charge < -0.3 is 9.64 Å². The molecule has 5 nitrogen and oxygen atoms in total. The summed E-state index contributed by atoms with van der Waals surface area (Å²) in [5.74, 6) is 1.13. The monoisotopic (exact) mass is 275 g/mol. The second-order valence-electron chi connectivity index (χ2n) is 5.87. The van der Waals surface area contributed by atoms with Gasteiger partial charge in [-0.15, -0.1) is 10.2 Å². The maximum atomic E-state index is 12.7.